The lowest BCUT2D eigenvalue weighted by molar-refractivity contribution is -0.150. The van der Waals surface area contributed by atoms with E-state index in [1.807, 2.05) is 93.6 Å². The fraction of sp³-hybridized carbons (Fsp3) is 0.442. The van der Waals surface area contributed by atoms with E-state index >= 15 is 0 Å². The first-order valence-electron chi connectivity index (χ1n) is 19.7. The van der Waals surface area contributed by atoms with Crippen molar-refractivity contribution in [1.29, 1.82) is 0 Å². The zero-order valence-corrected chi connectivity index (χ0v) is 34.1. The van der Waals surface area contributed by atoms with Gasteiger partial charge in [-0.05, 0) is 50.4 Å². The van der Waals surface area contributed by atoms with Crippen LogP contribution in [0.5, 0.6) is 0 Å². The molecule has 58 heavy (non-hydrogen) atoms. The molecule has 0 radical (unpaired) electrons. The van der Waals surface area contributed by atoms with Gasteiger partial charge in [-0.3, -0.25) is 28.8 Å². The van der Waals surface area contributed by atoms with Gasteiger partial charge in [0.25, 0.3) is 0 Å². The highest BCUT2D eigenvalue weighted by atomic mass is 16.2. The number of carbonyl (C=O) groups excluding carboxylic acids is 6. The Bertz CT molecular complexity index is 1800. The molecule has 1 aliphatic rings. The van der Waals surface area contributed by atoms with Gasteiger partial charge in [-0.1, -0.05) is 89.5 Å². The lowest BCUT2D eigenvalue weighted by Gasteiger charge is -2.33. The van der Waals surface area contributed by atoms with Crippen LogP contribution in [0.25, 0.3) is 0 Å². The van der Waals surface area contributed by atoms with Gasteiger partial charge in [0.05, 0.1) is 19.6 Å². The van der Waals surface area contributed by atoms with E-state index in [0.717, 1.165) is 33.4 Å². The molecule has 3 aromatic rings. The first-order valence-corrected chi connectivity index (χ1v) is 19.7. The van der Waals surface area contributed by atoms with Crippen molar-refractivity contribution in [3.8, 4) is 0 Å². The average Bonchev–Trinajstić information content (AvgIpc) is 3.20. The molecular formula is C43H59N9O6. The van der Waals surface area contributed by atoms with Gasteiger partial charge < -0.3 is 46.6 Å². The smallest absolute Gasteiger partial charge is 0.242 e. The molecule has 15 heteroatoms. The van der Waals surface area contributed by atoms with Crippen LogP contribution in [-0.2, 0) is 48.4 Å². The summed E-state index contributed by atoms with van der Waals surface area (Å²) in [6, 6.07) is 22.6. The van der Waals surface area contributed by atoms with Crippen LogP contribution < -0.4 is 17.2 Å². The first kappa shape index (κ1) is 45.1. The SMILES string of the molecule is Cc1ccc(CN2CC(=O)N(CCN)CC(=O)N(Cc3ccc(C)cc3)CC(=O)N(CCN)CC(=O)N(Cc3ccc(C)cc3)CC(=O)N(CCCN)CC2=O)cc1. The highest BCUT2D eigenvalue weighted by molar-refractivity contribution is 5.93. The maximum atomic E-state index is 14.3. The van der Waals surface area contributed by atoms with E-state index in [1.54, 1.807) is 0 Å². The standard InChI is InChI=1S/C43H59N9O6/c1-32-5-11-35(12-6-32)23-50-29-38(53)47(20-4-17-44)26-41(56)51(24-36-13-7-33(2)8-14-36)30-39(54)49(22-19-46)28-43(58)52(25-37-15-9-34(3)10-16-37)31-40(55)48(21-18-45)27-42(50)57/h5-16H,4,17-31,44-46H2,1-3H3. The largest absolute Gasteiger partial charge is 0.332 e. The van der Waals surface area contributed by atoms with Crippen LogP contribution in [-0.4, -0.2) is 143 Å². The third-order valence-electron chi connectivity index (χ3n) is 9.99. The number of rotatable bonds is 13. The number of aryl methyl sites for hydroxylation is 3. The van der Waals surface area contributed by atoms with E-state index < -0.39 is 68.2 Å². The molecule has 0 bridgehead atoms. The summed E-state index contributed by atoms with van der Waals surface area (Å²) in [5.41, 5.74) is 23.1. The third-order valence-corrected chi connectivity index (χ3v) is 9.99. The van der Waals surface area contributed by atoms with Gasteiger partial charge in [0, 0.05) is 52.4 Å². The van der Waals surface area contributed by atoms with Crippen molar-refractivity contribution in [2.75, 3.05) is 78.5 Å². The van der Waals surface area contributed by atoms with Crippen molar-refractivity contribution in [2.24, 2.45) is 17.2 Å². The van der Waals surface area contributed by atoms with Crippen molar-refractivity contribution in [1.82, 2.24) is 29.4 Å². The maximum Gasteiger partial charge on any atom is 0.242 e. The topological polar surface area (TPSA) is 200 Å². The van der Waals surface area contributed by atoms with Gasteiger partial charge in [0.1, 0.15) is 19.6 Å². The number of carbonyl (C=O) groups is 6. The van der Waals surface area contributed by atoms with Gasteiger partial charge >= 0.3 is 0 Å². The summed E-state index contributed by atoms with van der Waals surface area (Å²) in [6.45, 7) is 4.01. The predicted octanol–water partition coefficient (Wildman–Crippen LogP) is 0.764. The highest BCUT2D eigenvalue weighted by Gasteiger charge is 2.31. The molecule has 15 nitrogen and oxygen atoms in total. The summed E-state index contributed by atoms with van der Waals surface area (Å²) in [4.78, 5) is 93.1. The highest BCUT2D eigenvalue weighted by Crippen LogP contribution is 2.14. The monoisotopic (exact) mass is 797 g/mol. The molecule has 1 saturated heterocycles. The molecule has 0 spiro atoms. The normalized spacial score (nSPS) is 16.0. The summed E-state index contributed by atoms with van der Waals surface area (Å²) >= 11 is 0. The molecule has 0 aliphatic carbocycles. The predicted molar refractivity (Wildman–Crippen MR) is 221 cm³/mol. The zero-order valence-electron chi connectivity index (χ0n) is 34.1. The Labute approximate surface area is 341 Å². The minimum Gasteiger partial charge on any atom is -0.332 e. The number of hydrogen-bond acceptors (Lipinski definition) is 9. The van der Waals surface area contributed by atoms with Crippen molar-refractivity contribution >= 4 is 35.4 Å². The Balaban J connectivity index is 1.79. The number of hydrogen-bond donors (Lipinski definition) is 3. The van der Waals surface area contributed by atoms with Gasteiger partial charge in [-0.25, -0.2) is 0 Å². The summed E-state index contributed by atoms with van der Waals surface area (Å²) in [5.74, 6) is -3.09. The zero-order chi connectivity index (χ0) is 42.2. The third kappa shape index (κ3) is 13.8. The molecule has 6 amide bonds. The molecule has 0 atom stereocenters. The molecular weight excluding hydrogens is 739 g/mol. The summed E-state index contributed by atoms with van der Waals surface area (Å²) in [5, 5.41) is 0. The molecule has 0 aromatic heterocycles. The van der Waals surface area contributed by atoms with E-state index in [0.29, 0.717) is 6.42 Å². The van der Waals surface area contributed by atoms with Crippen molar-refractivity contribution in [3.63, 3.8) is 0 Å². The number of benzene rings is 3. The minimum absolute atomic E-state index is 0.00911. The number of nitrogens with zero attached hydrogens (tertiary/aromatic N) is 6. The van der Waals surface area contributed by atoms with Gasteiger partial charge in [-0.15, -0.1) is 0 Å². The minimum atomic E-state index is -0.530. The Morgan fingerprint density at radius 2 is 0.603 bits per heavy atom. The molecule has 312 valence electrons. The molecule has 1 heterocycles. The summed E-state index contributed by atoms with van der Waals surface area (Å²) in [6.07, 6.45) is 0.381. The Morgan fingerprint density at radius 3 is 0.862 bits per heavy atom. The van der Waals surface area contributed by atoms with Gasteiger partial charge in [-0.2, -0.15) is 0 Å². The van der Waals surface area contributed by atoms with E-state index in [2.05, 4.69) is 0 Å². The van der Waals surface area contributed by atoms with Crippen LogP contribution >= 0.6 is 0 Å². The second-order valence-corrected chi connectivity index (χ2v) is 14.9. The van der Waals surface area contributed by atoms with Crippen LogP contribution in [0.2, 0.25) is 0 Å². The second-order valence-electron chi connectivity index (χ2n) is 14.9. The first-order chi connectivity index (χ1) is 27.8. The maximum absolute atomic E-state index is 14.3. The quantitative estimate of drug-likeness (QED) is 0.224. The molecule has 4 rings (SSSR count). The Morgan fingerprint density at radius 1 is 0.362 bits per heavy atom. The van der Waals surface area contributed by atoms with E-state index in [-0.39, 0.29) is 65.4 Å². The van der Waals surface area contributed by atoms with E-state index in [9.17, 15) is 28.8 Å². The average molecular weight is 798 g/mol. The fourth-order valence-electron chi connectivity index (χ4n) is 6.49. The lowest BCUT2D eigenvalue weighted by atomic mass is 10.1. The van der Waals surface area contributed by atoms with Crippen LogP contribution in [0, 0.1) is 20.8 Å². The fourth-order valence-corrected chi connectivity index (χ4v) is 6.49. The van der Waals surface area contributed by atoms with Crippen LogP contribution in [0.3, 0.4) is 0 Å². The molecule has 1 fully saturated rings. The Hall–Kier alpha value is -5.64. The molecule has 6 N–H and O–H groups in total. The number of nitrogens with two attached hydrogens (primary N) is 3. The summed E-state index contributed by atoms with van der Waals surface area (Å²) < 4.78 is 0. The van der Waals surface area contributed by atoms with Gasteiger partial charge in [0.2, 0.25) is 35.4 Å². The number of amides is 6. The van der Waals surface area contributed by atoms with Crippen LogP contribution in [0.1, 0.15) is 39.8 Å². The van der Waals surface area contributed by atoms with E-state index in [4.69, 9.17) is 17.2 Å². The lowest BCUT2D eigenvalue weighted by Crippen LogP contribution is -2.54. The summed E-state index contributed by atoms with van der Waals surface area (Å²) in [7, 11) is 0. The van der Waals surface area contributed by atoms with Gasteiger partial charge in [0.15, 0.2) is 0 Å². The van der Waals surface area contributed by atoms with E-state index in [1.165, 1.54) is 29.4 Å². The molecule has 3 aromatic carbocycles. The van der Waals surface area contributed by atoms with Crippen molar-refractivity contribution < 1.29 is 28.8 Å². The van der Waals surface area contributed by atoms with Crippen molar-refractivity contribution in [2.45, 2.75) is 46.8 Å². The molecule has 1 aliphatic heterocycles. The van der Waals surface area contributed by atoms with Crippen LogP contribution in [0.4, 0.5) is 0 Å². The molecule has 0 unspecified atom stereocenters. The van der Waals surface area contributed by atoms with Crippen molar-refractivity contribution in [3.05, 3.63) is 106 Å². The van der Waals surface area contributed by atoms with Crippen LogP contribution in [0.15, 0.2) is 72.8 Å². The second kappa shape index (κ2) is 22.3. The molecule has 0 saturated carbocycles. The Kier molecular flexibility index (Phi) is 17.4.